The molecule has 24 heavy (non-hydrogen) atoms. The number of carbonyl (C=O) groups excluding carboxylic acids is 1. The Balaban J connectivity index is 2.12. The number of esters is 1. The molecule has 0 aliphatic heterocycles. The van der Waals surface area contributed by atoms with Gasteiger partial charge in [-0.25, -0.2) is 4.79 Å². The van der Waals surface area contributed by atoms with Crippen molar-refractivity contribution in [1.82, 2.24) is 0 Å². The summed E-state index contributed by atoms with van der Waals surface area (Å²) in [6.07, 6.45) is 0.708. The molecule has 0 saturated heterocycles. The van der Waals surface area contributed by atoms with Gasteiger partial charge >= 0.3 is 5.97 Å². The van der Waals surface area contributed by atoms with Crippen LogP contribution < -0.4 is 0 Å². The van der Waals surface area contributed by atoms with Gasteiger partial charge in [0, 0.05) is 17.5 Å². The molecule has 3 aromatic rings. The van der Waals surface area contributed by atoms with E-state index in [1.165, 1.54) is 5.56 Å². The molecule has 0 amide bonds. The van der Waals surface area contributed by atoms with Crippen molar-refractivity contribution in [2.45, 2.75) is 20.3 Å². The van der Waals surface area contributed by atoms with Crippen molar-refractivity contribution in [1.29, 1.82) is 0 Å². The largest absolute Gasteiger partial charge is 0.460 e. The van der Waals surface area contributed by atoms with Gasteiger partial charge in [-0.05, 0) is 25.0 Å². The van der Waals surface area contributed by atoms with Crippen LogP contribution in [0, 0.1) is 6.92 Å². The fourth-order valence-corrected chi connectivity index (χ4v) is 2.84. The van der Waals surface area contributed by atoms with Gasteiger partial charge in [0.1, 0.15) is 5.76 Å². The first-order valence-corrected chi connectivity index (χ1v) is 8.09. The van der Waals surface area contributed by atoms with E-state index in [1.807, 2.05) is 55.5 Å². The van der Waals surface area contributed by atoms with E-state index in [1.54, 1.807) is 6.92 Å². The van der Waals surface area contributed by atoms with Crippen LogP contribution in [-0.2, 0) is 11.2 Å². The Morgan fingerprint density at radius 2 is 1.62 bits per heavy atom. The standard InChI is InChI=1S/C21H20O3/c1-3-23-21(22)20-19(17-12-8-5-9-13-17)18(15(2)24-20)14-16-10-6-4-7-11-16/h4-13H,3,14H2,1-2H3. The third-order valence-corrected chi connectivity index (χ3v) is 3.96. The van der Waals surface area contributed by atoms with Crippen LogP contribution in [0.4, 0.5) is 0 Å². The van der Waals surface area contributed by atoms with Gasteiger partial charge in [0.15, 0.2) is 0 Å². The van der Waals surface area contributed by atoms with E-state index < -0.39 is 5.97 Å². The zero-order chi connectivity index (χ0) is 16.9. The summed E-state index contributed by atoms with van der Waals surface area (Å²) >= 11 is 0. The van der Waals surface area contributed by atoms with Crippen LogP contribution in [0.2, 0.25) is 0 Å². The van der Waals surface area contributed by atoms with E-state index >= 15 is 0 Å². The highest BCUT2D eigenvalue weighted by Crippen LogP contribution is 2.34. The molecule has 2 aromatic carbocycles. The zero-order valence-corrected chi connectivity index (χ0v) is 13.9. The molecule has 1 aromatic heterocycles. The molecule has 0 aliphatic rings. The first kappa shape index (κ1) is 16.1. The van der Waals surface area contributed by atoms with Crippen molar-refractivity contribution in [3.05, 3.63) is 83.3 Å². The topological polar surface area (TPSA) is 39.4 Å². The van der Waals surface area contributed by atoms with Crippen LogP contribution in [0.3, 0.4) is 0 Å². The van der Waals surface area contributed by atoms with E-state index in [2.05, 4.69) is 12.1 Å². The summed E-state index contributed by atoms with van der Waals surface area (Å²) in [5.74, 6) is 0.617. The first-order chi connectivity index (χ1) is 11.7. The maximum Gasteiger partial charge on any atom is 0.374 e. The number of furan rings is 1. The van der Waals surface area contributed by atoms with E-state index in [0.29, 0.717) is 13.0 Å². The molecule has 0 N–H and O–H groups in total. The second-order valence-electron chi connectivity index (χ2n) is 5.59. The van der Waals surface area contributed by atoms with Crippen molar-refractivity contribution in [3.63, 3.8) is 0 Å². The smallest absolute Gasteiger partial charge is 0.374 e. The molecular weight excluding hydrogens is 300 g/mol. The van der Waals surface area contributed by atoms with Crippen LogP contribution in [0.15, 0.2) is 65.1 Å². The molecule has 0 spiro atoms. The minimum atomic E-state index is -0.418. The van der Waals surface area contributed by atoms with E-state index in [0.717, 1.165) is 22.5 Å². The fraction of sp³-hybridized carbons (Fsp3) is 0.190. The number of carbonyl (C=O) groups is 1. The summed E-state index contributed by atoms with van der Waals surface area (Å²) in [5.41, 5.74) is 3.99. The summed E-state index contributed by atoms with van der Waals surface area (Å²) in [4.78, 5) is 12.3. The van der Waals surface area contributed by atoms with Crippen LogP contribution >= 0.6 is 0 Å². The van der Waals surface area contributed by atoms with Gasteiger partial charge in [0.05, 0.1) is 6.61 Å². The first-order valence-electron chi connectivity index (χ1n) is 8.09. The Morgan fingerprint density at radius 3 is 2.25 bits per heavy atom. The second-order valence-corrected chi connectivity index (χ2v) is 5.59. The van der Waals surface area contributed by atoms with Crippen molar-refractivity contribution >= 4 is 5.97 Å². The lowest BCUT2D eigenvalue weighted by atomic mass is 9.95. The third-order valence-electron chi connectivity index (χ3n) is 3.96. The van der Waals surface area contributed by atoms with Crippen LogP contribution in [0.25, 0.3) is 11.1 Å². The number of benzene rings is 2. The Bertz CT molecular complexity index is 817. The predicted molar refractivity (Wildman–Crippen MR) is 94.1 cm³/mol. The molecule has 3 nitrogen and oxygen atoms in total. The molecule has 0 saturated carbocycles. The number of ether oxygens (including phenoxy) is 1. The lowest BCUT2D eigenvalue weighted by Gasteiger charge is -2.07. The van der Waals surface area contributed by atoms with Gasteiger partial charge in [0.25, 0.3) is 0 Å². The average molecular weight is 320 g/mol. The second kappa shape index (κ2) is 7.18. The molecule has 3 heteroatoms. The molecule has 0 fully saturated rings. The van der Waals surface area contributed by atoms with Gasteiger partial charge in [-0.15, -0.1) is 0 Å². The van der Waals surface area contributed by atoms with Crippen molar-refractivity contribution in [3.8, 4) is 11.1 Å². The zero-order valence-electron chi connectivity index (χ0n) is 13.9. The maximum atomic E-state index is 12.3. The highest BCUT2D eigenvalue weighted by atomic mass is 16.5. The van der Waals surface area contributed by atoms with Crippen LogP contribution in [-0.4, -0.2) is 12.6 Å². The fourth-order valence-electron chi connectivity index (χ4n) is 2.84. The Kier molecular flexibility index (Phi) is 4.80. The van der Waals surface area contributed by atoms with Gasteiger partial charge in [0.2, 0.25) is 5.76 Å². The van der Waals surface area contributed by atoms with Crippen molar-refractivity contribution in [2.24, 2.45) is 0 Å². The summed E-state index contributed by atoms with van der Waals surface area (Å²) < 4.78 is 11.0. The monoisotopic (exact) mass is 320 g/mol. The Morgan fingerprint density at radius 1 is 1.00 bits per heavy atom. The van der Waals surface area contributed by atoms with Crippen LogP contribution in [0.1, 0.15) is 34.4 Å². The summed E-state index contributed by atoms with van der Waals surface area (Å²) in [5, 5.41) is 0. The van der Waals surface area contributed by atoms with Crippen LogP contribution in [0.5, 0.6) is 0 Å². The van der Waals surface area contributed by atoms with E-state index in [9.17, 15) is 4.79 Å². The molecule has 3 rings (SSSR count). The van der Waals surface area contributed by atoms with Gasteiger partial charge in [-0.2, -0.15) is 0 Å². The number of hydrogen-bond acceptors (Lipinski definition) is 3. The SMILES string of the molecule is CCOC(=O)c1oc(C)c(Cc2ccccc2)c1-c1ccccc1. The molecule has 122 valence electrons. The highest BCUT2D eigenvalue weighted by Gasteiger charge is 2.25. The minimum absolute atomic E-state index is 0.284. The maximum absolute atomic E-state index is 12.3. The van der Waals surface area contributed by atoms with Gasteiger partial charge in [-0.3, -0.25) is 0 Å². The summed E-state index contributed by atoms with van der Waals surface area (Å²) in [6, 6.07) is 20.0. The molecule has 0 aliphatic carbocycles. The van der Waals surface area contributed by atoms with Crippen molar-refractivity contribution in [2.75, 3.05) is 6.61 Å². The average Bonchev–Trinajstić information content (AvgIpc) is 2.93. The molecule has 0 atom stereocenters. The quantitative estimate of drug-likeness (QED) is 0.619. The summed E-state index contributed by atoms with van der Waals surface area (Å²) in [7, 11) is 0. The van der Waals surface area contributed by atoms with Gasteiger partial charge < -0.3 is 9.15 Å². The lowest BCUT2D eigenvalue weighted by Crippen LogP contribution is -2.05. The number of aryl methyl sites for hydroxylation is 1. The lowest BCUT2D eigenvalue weighted by molar-refractivity contribution is 0.0490. The molecule has 0 unspecified atom stereocenters. The molecule has 0 radical (unpaired) electrons. The third kappa shape index (κ3) is 3.25. The molecular formula is C21H20O3. The Labute approximate surface area is 141 Å². The minimum Gasteiger partial charge on any atom is -0.460 e. The van der Waals surface area contributed by atoms with E-state index in [4.69, 9.17) is 9.15 Å². The Hall–Kier alpha value is -2.81. The molecule has 0 bridgehead atoms. The summed E-state index contributed by atoms with van der Waals surface area (Å²) in [6.45, 7) is 4.01. The normalized spacial score (nSPS) is 10.6. The highest BCUT2D eigenvalue weighted by molar-refractivity contribution is 5.96. The molecule has 1 heterocycles. The number of rotatable bonds is 5. The number of hydrogen-bond donors (Lipinski definition) is 0. The van der Waals surface area contributed by atoms with Crippen molar-refractivity contribution < 1.29 is 13.9 Å². The van der Waals surface area contributed by atoms with Gasteiger partial charge in [-0.1, -0.05) is 60.7 Å². The van der Waals surface area contributed by atoms with E-state index in [-0.39, 0.29) is 5.76 Å². The predicted octanol–water partition coefficient (Wildman–Crippen LogP) is 5.02.